The van der Waals surface area contributed by atoms with Crippen LogP contribution in [0.25, 0.3) is 0 Å². The predicted molar refractivity (Wildman–Crippen MR) is 72.2 cm³/mol. The first-order valence-electron chi connectivity index (χ1n) is 4.72. The summed E-state index contributed by atoms with van der Waals surface area (Å²) in [6.45, 7) is -0.841. The quantitative estimate of drug-likeness (QED) is 0.570. The van der Waals surface area contributed by atoms with Gasteiger partial charge in [-0.2, -0.15) is 13.2 Å². The van der Waals surface area contributed by atoms with Crippen molar-refractivity contribution in [2.45, 2.75) is 6.18 Å². The molecule has 0 aromatic heterocycles. The van der Waals surface area contributed by atoms with Crippen LogP contribution in [0.2, 0.25) is 0 Å². The molecular formula is C10H10BrF3INO. The summed E-state index contributed by atoms with van der Waals surface area (Å²) in [6, 6.07) is 5.62. The third-order valence-corrected chi connectivity index (χ3v) is 4.09. The van der Waals surface area contributed by atoms with Gasteiger partial charge in [-0.3, -0.25) is 0 Å². The number of alkyl halides is 3. The molecule has 2 nitrogen and oxygen atoms in total. The Balaban J connectivity index is 2.25. The lowest BCUT2D eigenvalue weighted by atomic mass is 10.3. The van der Waals surface area contributed by atoms with Crippen LogP contribution in [-0.4, -0.2) is 25.9 Å². The molecule has 1 aromatic carbocycles. The first kappa shape index (κ1) is 15.0. The zero-order valence-corrected chi connectivity index (χ0v) is 12.4. The van der Waals surface area contributed by atoms with Gasteiger partial charge in [0.25, 0.3) is 0 Å². The van der Waals surface area contributed by atoms with Crippen molar-refractivity contribution in [3.05, 3.63) is 26.2 Å². The van der Waals surface area contributed by atoms with E-state index in [0.29, 0.717) is 6.54 Å². The molecule has 17 heavy (non-hydrogen) atoms. The van der Waals surface area contributed by atoms with E-state index in [1.54, 1.807) is 0 Å². The van der Waals surface area contributed by atoms with Crippen LogP contribution in [0, 0.1) is 3.57 Å². The molecule has 0 heterocycles. The van der Waals surface area contributed by atoms with Gasteiger partial charge in [-0.15, -0.1) is 0 Å². The molecule has 0 aliphatic carbocycles. The highest BCUT2D eigenvalue weighted by atomic mass is 127. The molecule has 0 bridgehead atoms. The number of nitrogens with one attached hydrogen (secondary N) is 1. The lowest BCUT2D eigenvalue weighted by molar-refractivity contribution is -0.172. The van der Waals surface area contributed by atoms with Gasteiger partial charge in [0, 0.05) is 20.3 Å². The fraction of sp³-hybridized carbons (Fsp3) is 0.400. The Morgan fingerprint density at radius 2 is 2.06 bits per heavy atom. The molecule has 0 unspecified atom stereocenters. The summed E-state index contributed by atoms with van der Waals surface area (Å²) in [5, 5.41) is 2.98. The van der Waals surface area contributed by atoms with E-state index in [4.69, 9.17) is 0 Å². The van der Waals surface area contributed by atoms with Crippen LogP contribution >= 0.6 is 38.5 Å². The fourth-order valence-corrected chi connectivity index (χ4v) is 1.82. The largest absolute Gasteiger partial charge is 0.411 e. The zero-order valence-electron chi connectivity index (χ0n) is 8.65. The third kappa shape index (κ3) is 6.46. The average molecular weight is 424 g/mol. The van der Waals surface area contributed by atoms with Gasteiger partial charge < -0.3 is 10.1 Å². The van der Waals surface area contributed by atoms with Crippen LogP contribution in [0.5, 0.6) is 0 Å². The predicted octanol–water partition coefficient (Wildman–Crippen LogP) is 4.04. The third-order valence-electron chi connectivity index (χ3n) is 1.76. The Labute approximate surface area is 119 Å². The summed E-state index contributed by atoms with van der Waals surface area (Å²) in [7, 11) is 0. The highest BCUT2D eigenvalue weighted by Crippen LogP contribution is 2.22. The number of ether oxygens (including phenoxy) is 1. The number of benzene rings is 1. The van der Waals surface area contributed by atoms with Crippen LogP contribution in [0.3, 0.4) is 0 Å². The maximum absolute atomic E-state index is 11.8. The van der Waals surface area contributed by atoms with E-state index >= 15 is 0 Å². The molecular weight excluding hydrogens is 414 g/mol. The van der Waals surface area contributed by atoms with Gasteiger partial charge >= 0.3 is 6.18 Å². The molecule has 7 heteroatoms. The summed E-state index contributed by atoms with van der Waals surface area (Å²) in [5.41, 5.74) is 0.855. The molecule has 0 aliphatic rings. The molecule has 0 saturated carbocycles. The molecule has 0 spiro atoms. The van der Waals surface area contributed by atoms with Crippen molar-refractivity contribution in [3.8, 4) is 0 Å². The van der Waals surface area contributed by atoms with Crippen molar-refractivity contribution < 1.29 is 17.9 Å². The van der Waals surface area contributed by atoms with Gasteiger partial charge in [-0.1, -0.05) is 0 Å². The van der Waals surface area contributed by atoms with Crippen molar-refractivity contribution in [1.82, 2.24) is 0 Å². The monoisotopic (exact) mass is 423 g/mol. The van der Waals surface area contributed by atoms with Crippen molar-refractivity contribution >= 4 is 44.2 Å². The lowest BCUT2D eigenvalue weighted by Gasteiger charge is -2.09. The minimum atomic E-state index is -4.26. The van der Waals surface area contributed by atoms with Gasteiger partial charge in [-0.05, 0) is 56.7 Å². The molecule has 0 aliphatic heterocycles. The highest BCUT2D eigenvalue weighted by Gasteiger charge is 2.27. The lowest BCUT2D eigenvalue weighted by Crippen LogP contribution is -2.20. The summed E-state index contributed by atoms with van der Waals surface area (Å²) >= 11 is 5.52. The molecule has 0 saturated heterocycles. The molecule has 0 radical (unpaired) electrons. The molecule has 0 atom stereocenters. The van der Waals surface area contributed by atoms with Gasteiger partial charge in [0.2, 0.25) is 0 Å². The first-order chi connectivity index (χ1) is 7.88. The van der Waals surface area contributed by atoms with Crippen LogP contribution < -0.4 is 5.32 Å². The Hall–Kier alpha value is -0.0200. The minimum absolute atomic E-state index is 0.0200. The number of rotatable bonds is 5. The number of hydrogen-bond donors (Lipinski definition) is 1. The summed E-state index contributed by atoms with van der Waals surface area (Å²) < 4.78 is 41.7. The molecule has 0 amide bonds. The molecule has 1 aromatic rings. The fourth-order valence-electron chi connectivity index (χ4n) is 1.06. The summed E-state index contributed by atoms with van der Waals surface area (Å²) in [4.78, 5) is 0. The Kier molecular flexibility index (Phi) is 6.01. The summed E-state index contributed by atoms with van der Waals surface area (Å²) in [5.74, 6) is 0. The molecule has 96 valence electrons. The Morgan fingerprint density at radius 1 is 1.35 bits per heavy atom. The van der Waals surface area contributed by atoms with Crippen LogP contribution in [0.15, 0.2) is 22.7 Å². The molecule has 1 N–H and O–H groups in total. The van der Waals surface area contributed by atoms with E-state index in [-0.39, 0.29) is 6.61 Å². The maximum atomic E-state index is 11.8. The van der Waals surface area contributed by atoms with Crippen LogP contribution in [-0.2, 0) is 4.74 Å². The van der Waals surface area contributed by atoms with Crippen molar-refractivity contribution in [2.24, 2.45) is 0 Å². The number of anilines is 1. The second kappa shape index (κ2) is 6.79. The molecule has 1 rings (SSSR count). The van der Waals surface area contributed by atoms with Gasteiger partial charge in [-0.25, -0.2) is 0 Å². The first-order valence-corrected chi connectivity index (χ1v) is 6.59. The highest BCUT2D eigenvalue weighted by molar-refractivity contribution is 14.1. The van der Waals surface area contributed by atoms with E-state index in [1.165, 1.54) is 0 Å². The van der Waals surface area contributed by atoms with Crippen LogP contribution in [0.1, 0.15) is 0 Å². The zero-order chi connectivity index (χ0) is 12.9. The van der Waals surface area contributed by atoms with Crippen molar-refractivity contribution in [1.29, 1.82) is 0 Å². The maximum Gasteiger partial charge on any atom is 0.411 e. The van der Waals surface area contributed by atoms with Gasteiger partial charge in [0.05, 0.1) is 6.61 Å². The van der Waals surface area contributed by atoms with E-state index in [0.717, 1.165) is 13.7 Å². The Morgan fingerprint density at radius 3 is 2.65 bits per heavy atom. The number of halogens is 5. The smallest absolute Gasteiger partial charge is 0.383 e. The SMILES string of the molecule is FC(F)(F)COCCNc1ccc(Br)c(I)c1. The topological polar surface area (TPSA) is 21.3 Å². The average Bonchev–Trinajstić information content (AvgIpc) is 2.21. The minimum Gasteiger partial charge on any atom is -0.383 e. The van der Waals surface area contributed by atoms with E-state index in [1.807, 2.05) is 18.2 Å². The van der Waals surface area contributed by atoms with E-state index in [2.05, 4.69) is 48.6 Å². The number of hydrogen-bond acceptors (Lipinski definition) is 2. The molecule has 0 fully saturated rings. The Bertz CT molecular complexity index is 373. The van der Waals surface area contributed by atoms with Crippen molar-refractivity contribution in [2.75, 3.05) is 25.1 Å². The van der Waals surface area contributed by atoms with Gasteiger partial charge in [0.1, 0.15) is 6.61 Å². The van der Waals surface area contributed by atoms with Crippen LogP contribution in [0.4, 0.5) is 18.9 Å². The standard InChI is InChI=1S/C10H10BrF3INO/c11-8-2-1-7(5-9(8)15)16-3-4-17-6-10(12,13)14/h1-2,5,16H,3-4,6H2. The normalized spacial score (nSPS) is 11.6. The summed E-state index contributed by atoms with van der Waals surface area (Å²) in [6.07, 6.45) is -4.26. The van der Waals surface area contributed by atoms with E-state index < -0.39 is 12.8 Å². The second-order valence-corrected chi connectivity index (χ2v) is 5.24. The van der Waals surface area contributed by atoms with E-state index in [9.17, 15) is 13.2 Å². The van der Waals surface area contributed by atoms with Crippen molar-refractivity contribution in [3.63, 3.8) is 0 Å². The van der Waals surface area contributed by atoms with Gasteiger partial charge in [0.15, 0.2) is 0 Å². The second-order valence-electron chi connectivity index (χ2n) is 3.22.